The Bertz CT molecular complexity index is 842. The molecule has 0 saturated carbocycles. The highest BCUT2D eigenvalue weighted by Gasteiger charge is 2.11. The van der Waals surface area contributed by atoms with Crippen molar-refractivity contribution in [2.45, 2.75) is 31.0 Å². The van der Waals surface area contributed by atoms with Crippen LogP contribution < -0.4 is 5.32 Å². The highest BCUT2D eigenvalue weighted by Crippen LogP contribution is 2.25. The topological polar surface area (TPSA) is 80.9 Å². The van der Waals surface area contributed by atoms with Crippen LogP contribution in [0.3, 0.4) is 0 Å². The third kappa shape index (κ3) is 4.90. The number of benzene rings is 1. The third-order valence-electron chi connectivity index (χ3n) is 3.38. The summed E-state index contributed by atoms with van der Waals surface area (Å²) >= 11 is 2.98. The van der Waals surface area contributed by atoms with Crippen LogP contribution in [-0.2, 0) is 11.2 Å². The second kappa shape index (κ2) is 8.26. The zero-order chi connectivity index (χ0) is 17.6. The number of hydrogen-bond acceptors (Lipinski definition) is 7. The molecule has 130 valence electrons. The van der Waals surface area contributed by atoms with E-state index in [1.807, 2.05) is 38.1 Å². The summed E-state index contributed by atoms with van der Waals surface area (Å²) in [5.41, 5.74) is 2.17. The maximum Gasteiger partial charge on any atom is 0.226 e. The number of rotatable bonds is 7. The number of carbonyl (C=O) groups is 1. The van der Waals surface area contributed by atoms with E-state index < -0.39 is 0 Å². The van der Waals surface area contributed by atoms with Crippen LogP contribution in [0.4, 0.5) is 5.13 Å². The molecule has 0 fully saturated rings. The van der Waals surface area contributed by atoms with Crippen LogP contribution in [0, 0.1) is 6.92 Å². The van der Waals surface area contributed by atoms with Crippen molar-refractivity contribution in [2.24, 2.45) is 0 Å². The first-order valence-corrected chi connectivity index (χ1v) is 9.72. The molecule has 8 heteroatoms. The summed E-state index contributed by atoms with van der Waals surface area (Å²) in [6.07, 6.45) is 2.41. The van der Waals surface area contributed by atoms with Crippen LogP contribution in [0.2, 0.25) is 0 Å². The van der Waals surface area contributed by atoms with E-state index >= 15 is 0 Å². The van der Waals surface area contributed by atoms with E-state index in [9.17, 15) is 4.79 Å². The van der Waals surface area contributed by atoms with Gasteiger partial charge in [-0.15, -0.1) is 10.2 Å². The molecule has 25 heavy (non-hydrogen) atoms. The van der Waals surface area contributed by atoms with Gasteiger partial charge in [0.1, 0.15) is 0 Å². The summed E-state index contributed by atoms with van der Waals surface area (Å²) in [6, 6.07) is 8.04. The molecule has 0 spiro atoms. The van der Waals surface area contributed by atoms with Gasteiger partial charge >= 0.3 is 0 Å². The molecule has 1 aromatic carbocycles. The quantitative estimate of drug-likeness (QED) is 0.493. The van der Waals surface area contributed by atoms with Crippen molar-refractivity contribution in [2.75, 3.05) is 11.1 Å². The first-order valence-electron chi connectivity index (χ1n) is 7.92. The number of nitrogens with zero attached hydrogens (tertiary/aromatic N) is 3. The van der Waals surface area contributed by atoms with E-state index in [2.05, 4.69) is 20.5 Å². The Balaban J connectivity index is 1.52. The van der Waals surface area contributed by atoms with E-state index in [4.69, 9.17) is 4.42 Å². The maximum absolute atomic E-state index is 12.0. The molecule has 2 heterocycles. The monoisotopic (exact) mass is 374 g/mol. The molecule has 1 amide bonds. The Morgan fingerprint density at radius 3 is 2.84 bits per heavy atom. The van der Waals surface area contributed by atoms with Gasteiger partial charge in [0.05, 0.1) is 6.20 Å². The molecule has 1 N–H and O–H groups in total. The lowest BCUT2D eigenvalue weighted by atomic mass is 10.1. The third-order valence-corrected chi connectivity index (χ3v) is 5.23. The number of aromatic nitrogens is 3. The number of carbonyl (C=O) groups excluding carboxylic acids is 1. The molecule has 2 aromatic heterocycles. The van der Waals surface area contributed by atoms with Crippen LogP contribution >= 0.6 is 23.1 Å². The fourth-order valence-corrected chi connectivity index (χ4v) is 3.79. The fourth-order valence-electron chi connectivity index (χ4n) is 2.12. The highest BCUT2D eigenvalue weighted by atomic mass is 32.2. The van der Waals surface area contributed by atoms with Gasteiger partial charge in [0.2, 0.25) is 11.0 Å². The van der Waals surface area contributed by atoms with Gasteiger partial charge in [-0.1, -0.05) is 59.9 Å². The molecular formula is C17H18N4O2S2. The molecule has 0 radical (unpaired) electrons. The van der Waals surface area contributed by atoms with Crippen molar-refractivity contribution in [3.05, 3.63) is 41.9 Å². The average molecular weight is 374 g/mol. The molecule has 0 aliphatic heterocycles. The largest absolute Gasteiger partial charge is 0.441 e. The molecule has 0 atom stereocenters. The predicted molar refractivity (Wildman–Crippen MR) is 99.9 cm³/mol. The van der Waals surface area contributed by atoms with Crippen LogP contribution in [0.5, 0.6) is 0 Å². The Kier molecular flexibility index (Phi) is 5.83. The molecular weight excluding hydrogens is 356 g/mol. The van der Waals surface area contributed by atoms with E-state index in [-0.39, 0.29) is 12.3 Å². The van der Waals surface area contributed by atoms with Crippen molar-refractivity contribution in [3.8, 4) is 11.3 Å². The van der Waals surface area contributed by atoms with Crippen molar-refractivity contribution >= 4 is 34.1 Å². The van der Waals surface area contributed by atoms with Crippen molar-refractivity contribution in [1.29, 1.82) is 0 Å². The average Bonchev–Trinajstić information content (AvgIpc) is 3.24. The van der Waals surface area contributed by atoms with Gasteiger partial charge in [0.15, 0.2) is 16.0 Å². The minimum Gasteiger partial charge on any atom is -0.441 e. The number of aryl methyl sites for hydroxylation is 2. The fraction of sp³-hybridized carbons (Fsp3) is 0.294. The summed E-state index contributed by atoms with van der Waals surface area (Å²) in [6.45, 7) is 4.08. The van der Waals surface area contributed by atoms with Crippen LogP contribution in [0.15, 0.2) is 39.2 Å². The maximum atomic E-state index is 12.0. The number of thioether (sulfide) groups is 1. The van der Waals surface area contributed by atoms with E-state index in [0.717, 1.165) is 15.7 Å². The van der Waals surface area contributed by atoms with Gasteiger partial charge in [-0.3, -0.25) is 4.79 Å². The second-order valence-electron chi connectivity index (χ2n) is 5.34. The zero-order valence-electron chi connectivity index (χ0n) is 14.0. The number of amides is 1. The second-order valence-corrected chi connectivity index (χ2v) is 7.83. The molecule has 3 rings (SSSR count). The lowest BCUT2D eigenvalue weighted by molar-refractivity contribution is -0.116. The van der Waals surface area contributed by atoms with E-state index in [0.29, 0.717) is 23.2 Å². The zero-order valence-corrected chi connectivity index (χ0v) is 15.6. The molecule has 0 bridgehead atoms. The van der Waals surface area contributed by atoms with Crippen molar-refractivity contribution < 1.29 is 9.21 Å². The SMILES string of the molecule is CCSc1nnc(NC(=O)CCc2ncc(-c3ccc(C)cc3)o2)s1. The first kappa shape index (κ1) is 17.6. The summed E-state index contributed by atoms with van der Waals surface area (Å²) in [5, 5.41) is 11.2. The molecule has 0 aliphatic carbocycles. The standard InChI is InChI=1S/C17H18N4O2S2/c1-3-24-17-21-20-16(25-17)19-14(22)8-9-15-18-10-13(23-15)12-6-4-11(2)5-7-12/h4-7,10H,3,8-9H2,1-2H3,(H,19,20,22). The first-order chi connectivity index (χ1) is 12.1. The smallest absolute Gasteiger partial charge is 0.226 e. The number of anilines is 1. The number of hydrogen-bond donors (Lipinski definition) is 1. The minimum absolute atomic E-state index is 0.126. The van der Waals surface area contributed by atoms with E-state index in [1.165, 1.54) is 16.9 Å². The van der Waals surface area contributed by atoms with Gasteiger partial charge in [-0.2, -0.15) is 0 Å². The van der Waals surface area contributed by atoms with Crippen molar-refractivity contribution in [3.63, 3.8) is 0 Å². The highest BCUT2D eigenvalue weighted by molar-refractivity contribution is 8.01. The summed E-state index contributed by atoms with van der Waals surface area (Å²) in [4.78, 5) is 16.3. The van der Waals surface area contributed by atoms with Gasteiger partial charge in [-0.05, 0) is 12.7 Å². The van der Waals surface area contributed by atoms with Crippen LogP contribution in [0.25, 0.3) is 11.3 Å². The van der Waals surface area contributed by atoms with Crippen LogP contribution in [0.1, 0.15) is 24.8 Å². The van der Waals surface area contributed by atoms with Gasteiger partial charge in [0.25, 0.3) is 0 Å². The van der Waals surface area contributed by atoms with Gasteiger partial charge < -0.3 is 9.73 Å². The number of nitrogens with one attached hydrogen (secondary N) is 1. The lowest BCUT2D eigenvalue weighted by Crippen LogP contribution is -2.12. The summed E-state index contributed by atoms with van der Waals surface area (Å²) in [5.74, 6) is 2.06. The Morgan fingerprint density at radius 1 is 1.28 bits per heavy atom. The Morgan fingerprint density at radius 2 is 2.08 bits per heavy atom. The van der Waals surface area contributed by atoms with Gasteiger partial charge in [-0.25, -0.2) is 4.98 Å². The molecule has 0 unspecified atom stereocenters. The number of oxazole rings is 1. The molecule has 3 aromatic rings. The molecule has 6 nitrogen and oxygen atoms in total. The van der Waals surface area contributed by atoms with E-state index in [1.54, 1.807) is 18.0 Å². The molecule has 0 saturated heterocycles. The lowest BCUT2D eigenvalue weighted by Gasteiger charge is -1.99. The Hall–Kier alpha value is -2.19. The summed E-state index contributed by atoms with van der Waals surface area (Å²) < 4.78 is 6.58. The summed E-state index contributed by atoms with van der Waals surface area (Å²) in [7, 11) is 0. The molecule has 0 aliphatic rings. The normalized spacial score (nSPS) is 10.8. The predicted octanol–water partition coefficient (Wildman–Crippen LogP) is 4.18. The Labute approximate surface area is 154 Å². The minimum atomic E-state index is -0.126. The van der Waals surface area contributed by atoms with Crippen LogP contribution in [-0.4, -0.2) is 26.8 Å². The van der Waals surface area contributed by atoms with Gasteiger partial charge in [0, 0.05) is 18.4 Å². The van der Waals surface area contributed by atoms with Crippen molar-refractivity contribution in [1.82, 2.24) is 15.2 Å².